The summed E-state index contributed by atoms with van der Waals surface area (Å²) in [7, 11) is 0. The molecule has 1 aromatic rings. The van der Waals surface area contributed by atoms with Gasteiger partial charge >= 0.3 is 6.18 Å². The number of likely N-dealkylation sites (tertiary alicyclic amines) is 1. The van der Waals surface area contributed by atoms with E-state index in [9.17, 15) is 18.3 Å². The Morgan fingerprint density at radius 3 is 2.62 bits per heavy atom. The molecule has 6 heteroatoms. The van der Waals surface area contributed by atoms with Crippen molar-refractivity contribution < 1.29 is 18.3 Å². The monoisotopic (exact) mass is 302 g/mol. The molecule has 2 heterocycles. The van der Waals surface area contributed by atoms with Gasteiger partial charge in [0.15, 0.2) is 0 Å². The molecule has 1 N–H and O–H groups in total. The van der Waals surface area contributed by atoms with Gasteiger partial charge in [0.1, 0.15) is 0 Å². The second kappa shape index (κ2) is 7.22. The van der Waals surface area contributed by atoms with Crippen LogP contribution < -0.4 is 0 Å². The van der Waals surface area contributed by atoms with Crippen molar-refractivity contribution >= 4 is 0 Å². The number of aliphatic hydroxyl groups excluding tert-OH is 1. The third-order valence-electron chi connectivity index (χ3n) is 3.89. The molecule has 0 unspecified atom stereocenters. The van der Waals surface area contributed by atoms with Gasteiger partial charge in [-0.2, -0.15) is 13.2 Å². The Labute approximate surface area is 122 Å². The molecule has 0 aliphatic carbocycles. The molecule has 1 saturated heterocycles. The summed E-state index contributed by atoms with van der Waals surface area (Å²) in [4.78, 5) is 6.02. The van der Waals surface area contributed by atoms with E-state index in [0.29, 0.717) is 5.92 Å². The van der Waals surface area contributed by atoms with Crippen LogP contribution in [0.1, 0.15) is 24.8 Å². The van der Waals surface area contributed by atoms with Crippen molar-refractivity contribution in [3.05, 3.63) is 30.1 Å². The summed E-state index contributed by atoms with van der Waals surface area (Å²) >= 11 is 0. The van der Waals surface area contributed by atoms with Crippen molar-refractivity contribution in [1.29, 1.82) is 0 Å². The molecular formula is C15H21F3N2O. The fourth-order valence-electron chi connectivity index (χ4n) is 2.86. The van der Waals surface area contributed by atoms with E-state index in [4.69, 9.17) is 0 Å². The average Bonchev–Trinajstić information content (AvgIpc) is 2.40. The summed E-state index contributed by atoms with van der Waals surface area (Å²) in [5.74, 6) is 0.546. The number of pyridine rings is 1. The largest absolute Gasteiger partial charge is 0.391 e. The van der Waals surface area contributed by atoms with E-state index in [0.717, 1.165) is 32.4 Å². The number of nitrogens with zero attached hydrogens (tertiary/aromatic N) is 2. The van der Waals surface area contributed by atoms with Crippen LogP contribution in [0.5, 0.6) is 0 Å². The molecule has 0 amide bonds. The van der Waals surface area contributed by atoms with Crippen LogP contribution >= 0.6 is 0 Å². The number of alkyl halides is 3. The zero-order chi connectivity index (χ0) is 15.3. The number of rotatable bonds is 5. The van der Waals surface area contributed by atoms with Crippen LogP contribution in [0, 0.1) is 5.92 Å². The number of hydrogen-bond donors (Lipinski definition) is 1. The van der Waals surface area contributed by atoms with Crippen LogP contribution in [0.15, 0.2) is 24.5 Å². The highest BCUT2D eigenvalue weighted by Gasteiger charge is 2.32. The van der Waals surface area contributed by atoms with Gasteiger partial charge in [-0.25, -0.2) is 0 Å². The Morgan fingerprint density at radius 2 is 2.05 bits per heavy atom. The van der Waals surface area contributed by atoms with Gasteiger partial charge in [-0.3, -0.25) is 4.98 Å². The lowest BCUT2D eigenvalue weighted by atomic mass is 9.90. The molecular weight excluding hydrogens is 281 g/mol. The molecule has 118 valence electrons. The minimum Gasteiger partial charge on any atom is -0.391 e. The van der Waals surface area contributed by atoms with Crippen LogP contribution in [0.3, 0.4) is 0 Å². The predicted octanol–water partition coefficient (Wildman–Crippen LogP) is 2.65. The SMILES string of the molecule is O[C@H](CN1CCC(Cc2cccnc2)CC1)CC(F)(F)F. The highest BCUT2D eigenvalue weighted by molar-refractivity contribution is 5.09. The lowest BCUT2D eigenvalue weighted by Crippen LogP contribution is -2.40. The van der Waals surface area contributed by atoms with E-state index >= 15 is 0 Å². The van der Waals surface area contributed by atoms with Gasteiger partial charge in [0, 0.05) is 18.9 Å². The third kappa shape index (κ3) is 6.01. The summed E-state index contributed by atoms with van der Waals surface area (Å²) in [6.07, 6.45) is -0.262. The van der Waals surface area contributed by atoms with Crippen molar-refractivity contribution in [2.75, 3.05) is 19.6 Å². The fourth-order valence-corrected chi connectivity index (χ4v) is 2.86. The van der Waals surface area contributed by atoms with Crippen molar-refractivity contribution in [1.82, 2.24) is 9.88 Å². The fraction of sp³-hybridized carbons (Fsp3) is 0.667. The van der Waals surface area contributed by atoms with E-state index in [1.807, 2.05) is 23.2 Å². The van der Waals surface area contributed by atoms with Crippen molar-refractivity contribution in [2.24, 2.45) is 5.92 Å². The first-order chi connectivity index (χ1) is 9.92. The topological polar surface area (TPSA) is 36.4 Å². The highest BCUT2D eigenvalue weighted by atomic mass is 19.4. The first-order valence-corrected chi connectivity index (χ1v) is 7.28. The predicted molar refractivity (Wildman–Crippen MR) is 73.8 cm³/mol. The molecule has 1 fully saturated rings. The van der Waals surface area contributed by atoms with Gasteiger partial charge in [-0.15, -0.1) is 0 Å². The van der Waals surface area contributed by atoms with Gasteiger partial charge in [-0.1, -0.05) is 6.07 Å². The molecule has 0 bridgehead atoms. The average molecular weight is 302 g/mol. The smallest absolute Gasteiger partial charge is 0.391 e. The summed E-state index contributed by atoms with van der Waals surface area (Å²) in [5, 5.41) is 9.47. The molecule has 1 aliphatic rings. The Bertz CT molecular complexity index is 417. The van der Waals surface area contributed by atoms with Crippen molar-refractivity contribution in [3.63, 3.8) is 0 Å². The van der Waals surface area contributed by atoms with E-state index in [1.54, 1.807) is 6.20 Å². The number of β-amino-alcohol motifs (C(OH)–C–C–N with tert-alkyl or cyclic N) is 1. The number of aromatic nitrogens is 1. The van der Waals surface area contributed by atoms with Gasteiger partial charge in [-0.05, 0) is 49.9 Å². The minimum absolute atomic E-state index is 0.110. The minimum atomic E-state index is -4.29. The third-order valence-corrected chi connectivity index (χ3v) is 3.89. The lowest BCUT2D eigenvalue weighted by molar-refractivity contribution is -0.155. The number of aliphatic hydroxyl groups is 1. The maximum atomic E-state index is 12.2. The summed E-state index contributed by atoms with van der Waals surface area (Å²) in [6.45, 7) is 1.61. The second-order valence-electron chi connectivity index (χ2n) is 5.78. The van der Waals surface area contributed by atoms with Crippen molar-refractivity contribution in [3.8, 4) is 0 Å². The zero-order valence-electron chi connectivity index (χ0n) is 11.9. The Morgan fingerprint density at radius 1 is 1.33 bits per heavy atom. The molecule has 0 saturated carbocycles. The summed E-state index contributed by atoms with van der Waals surface area (Å²) in [6, 6.07) is 3.96. The summed E-state index contributed by atoms with van der Waals surface area (Å²) < 4.78 is 36.5. The first kappa shape index (κ1) is 16.2. The molecule has 21 heavy (non-hydrogen) atoms. The van der Waals surface area contributed by atoms with E-state index in [1.165, 1.54) is 5.56 Å². The molecule has 0 radical (unpaired) electrons. The molecule has 1 aliphatic heterocycles. The van der Waals surface area contributed by atoms with Gasteiger partial charge in [0.2, 0.25) is 0 Å². The molecule has 3 nitrogen and oxygen atoms in total. The zero-order valence-corrected chi connectivity index (χ0v) is 11.9. The van der Waals surface area contributed by atoms with Crippen LogP contribution in [-0.4, -0.2) is 46.9 Å². The summed E-state index contributed by atoms with van der Waals surface area (Å²) in [5.41, 5.74) is 1.20. The number of hydrogen-bond acceptors (Lipinski definition) is 3. The molecule has 1 atom stereocenters. The van der Waals surface area contributed by atoms with E-state index in [-0.39, 0.29) is 6.54 Å². The first-order valence-electron chi connectivity index (χ1n) is 7.28. The van der Waals surface area contributed by atoms with Crippen LogP contribution in [0.2, 0.25) is 0 Å². The Kier molecular flexibility index (Phi) is 5.58. The maximum absolute atomic E-state index is 12.2. The number of halogens is 3. The number of piperidine rings is 1. The maximum Gasteiger partial charge on any atom is 0.391 e. The normalized spacial score (nSPS) is 19.6. The highest BCUT2D eigenvalue weighted by Crippen LogP contribution is 2.24. The van der Waals surface area contributed by atoms with Gasteiger partial charge < -0.3 is 10.0 Å². The Balaban J connectivity index is 1.71. The molecule has 0 spiro atoms. The quantitative estimate of drug-likeness (QED) is 0.908. The molecule has 1 aromatic heterocycles. The van der Waals surface area contributed by atoms with Crippen molar-refractivity contribution in [2.45, 2.75) is 38.0 Å². The Hall–Kier alpha value is -1.14. The van der Waals surface area contributed by atoms with Crippen LogP contribution in [0.4, 0.5) is 13.2 Å². The van der Waals surface area contributed by atoms with E-state index < -0.39 is 18.7 Å². The van der Waals surface area contributed by atoms with Crippen LogP contribution in [-0.2, 0) is 6.42 Å². The van der Waals surface area contributed by atoms with Crippen LogP contribution in [0.25, 0.3) is 0 Å². The standard InChI is InChI=1S/C15H21F3N2O/c16-15(17,18)9-14(21)11-20-6-3-12(4-7-20)8-13-2-1-5-19-10-13/h1-2,5,10,12,14,21H,3-4,6-9,11H2/t14-/m0/s1. The second-order valence-corrected chi connectivity index (χ2v) is 5.78. The molecule has 2 rings (SSSR count). The van der Waals surface area contributed by atoms with Gasteiger partial charge in [0.25, 0.3) is 0 Å². The molecule has 0 aromatic carbocycles. The lowest BCUT2D eigenvalue weighted by Gasteiger charge is -2.33. The van der Waals surface area contributed by atoms with E-state index in [2.05, 4.69) is 4.98 Å². The van der Waals surface area contributed by atoms with Gasteiger partial charge in [0.05, 0.1) is 12.5 Å².